The number of H-pyrrole nitrogens is 1. The minimum absolute atomic E-state index is 0.120. The van der Waals surface area contributed by atoms with Crippen LogP contribution in [-0.2, 0) is 32.1 Å². The number of fused-ring (bicyclic) bond motifs is 1. The summed E-state index contributed by atoms with van der Waals surface area (Å²) in [5.74, 6) is -0.272. The van der Waals surface area contributed by atoms with Crippen molar-refractivity contribution in [1.29, 1.82) is 0 Å². The highest BCUT2D eigenvalue weighted by molar-refractivity contribution is 5.83. The Labute approximate surface area is 122 Å². The molecular weight excluding hydrogens is 272 g/mol. The number of rotatable bonds is 5. The predicted molar refractivity (Wildman–Crippen MR) is 76.5 cm³/mol. The monoisotopic (exact) mass is 290 g/mol. The lowest BCUT2D eigenvalue weighted by Gasteiger charge is -2.19. The molecule has 0 unspecified atom stereocenters. The van der Waals surface area contributed by atoms with E-state index in [9.17, 15) is 9.59 Å². The highest BCUT2D eigenvalue weighted by Gasteiger charge is 2.17. The SMILES string of the molecule is CC(C)(C)OC(=O)Cc1ccc2c(COC=O)n[nH]c2c1. The summed E-state index contributed by atoms with van der Waals surface area (Å²) in [5, 5.41) is 7.81. The number of nitrogens with zero attached hydrogens (tertiary/aromatic N) is 1. The molecule has 0 spiro atoms. The van der Waals surface area contributed by atoms with Crippen LogP contribution >= 0.6 is 0 Å². The van der Waals surface area contributed by atoms with Crippen LogP contribution in [0.15, 0.2) is 18.2 Å². The normalized spacial score (nSPS) is 11.4. The van der Waals surface area contributed by atoms with E-state index in [4.69, 9.17) is 9.47 Å². The van der Waals surface area contributed by atoms with Gasteiger partial charge in [-0.05, 0) is 32.4 Å². The first-order chi connectivity index (χ1) is 9.89. The fraction of sp³-hybridized carbons (Fsp3) is 0.400. The average Bonchev–Trinajstić information content (AvgIpc) is 2.76. The van der Waals surface area contributed by atoms with Crippen LogP contribution in [0.3, 0.4) is 0 Å². The van der Waals surface area contributed by atoms with Crippen molar-refractivity contribution in [1.82, 2.24) is 10.2 Å². The van der Waals surface area contributed by atoms with Crippen molar-refractivity contribution in [2.24, 2.45) is 0 Å². The van der Waals surface area contributed by atoms with Crippen molar-refractivity contribution in [3.63, 3.8) is 0 Å². The Bertz CT molecular complexity index is 655. The average molecular weight is 290 g/mol. The molecule has 0 radical (unpaired) electrons. The molecule has 21 heavy (non-hydrogen) atoms. The maximum atomic E-state index is 11.8. The van der Waals surface area contributed by atoms with Gasteiger partial charge in [-0.2, -0.15) is 5.10 Å². The lowest BCUT2D eigenvalue weighted by Crippen LogP contribution is -2.24. The van der Waals surface area contributed by atoms with Gasteiger partial charge in [0.15, 0.2) is 0 Å². The molecule has 1 aromatic heterocycles. The van der Waals surface area contributed by atoms with E-state index < -0.39 is 5.60 Å². The number of hydrogen-bond donors (Lipinski definition) is 1. The van der Waals surface area contributed by atoms with Crippen molar-refractivity contribution in [2.45, 2.75) is 39.4 Å². The van der Waals surface area contributed by atoms with Crippen molar-refractivity contribution in [3.8, 4) is 0 Å². The van der Waals surface area contributed by atoms with Crippen molar-refractivity contribution in [3.05, 3.63) is 29.5 Å². The van der Waals surface area contributed by atoms with E-state index in [0.29, 0.717) is 12.2 Å². The summed E-state index contributed by atoms with van der Waals surface area (Å²) in [7, 11) is 0. The number of hydrogen-bond acceptors (Lipinski definition) is 5. The highest BCUT2D eigenvalue weighted by Crippen LogP contribution is 2.19. The number of ether oxygens (including phenoxy) is 2. The maximum Gasteiger partial charge on any atom is 0.310 e. The van der Waals surface area contributed by atoms with Gasteiger partial charge in [-0.25, -0.2) is 0 Å². The van der Waals surface area contributed by atoms with Gasteiger partial charge in [0.05, 0.1) is 11.9 Å². The van der Waals surface area contributed by atoms with Gasteiger partial charge in [0, 0.05) is 5.39 Å². The van der Waals surface area contributed by atoms with Gasteiger partial charge in [-0.3, -0.25) is 14.7 Å². The first-order valence-electron chi connectivity index (χ1n) is 6.62. The molecule has 112 valence electrons. The van der Waals surface area contributed by atoms with Crippen LogP contribution in [0.5, 0.6) is 0 Å². The second-order valence-corrected chi connectivity index (χ2v) is 5.72. The van der Waals surface area contributed by atoms with Crippen LogP contribution in [0.4, 0.5) is 0 Å². The van der Waals surface area contributed by atoms with Crippen LogP contribution in [0.2, 0.25) is 0 Å². The number of aromatic nitrogens is 2. The van der Waals surface area contributed by atoms with Crippen molar-refractivity contribution >= 4 is 23.3 Å². The molecule has 2 aromatic rings. The Morgan fingerprint density at radius 3 is 2.81 bits per heavy atom. The van der Waals surface area contributed by atoms with E-state index in [1.54, 1.807) is 0 Å². The first-order valence-corrected chi connectivity index (χ1v) is 6.62. The smallest absolute Gasteiger partial charge is 0.310 e. The quantitative estimate of drug-likeness (QED) is 0.674. The van der Waals surface area contributed by atoms with Gasteiger partial charge >= 0.3 is 5.97 Å². The van der Waals surface area contributed by atoms with E-state index in [2.05, 4.69) is 10.2 Å². The third-order valence-corrected chi connectivity index (χ3v) is 2.76. The number of nitrogens with one attached hydrogen (secondary N) is 1. The molecule has 0 aliphatic rings. The topological polar surface area (TPSA) is 81.3 Å². The van der Waals surface area contributed by atoms with Crippen molar-refractivity contribution < 1.29 is 19.1 Å². The highest BCUT2D eigenvalue weighted by atomic mass is 16.6. The third kappa shape index (κ3) is 4.05. The molecule has 2 rings (SSSR count). The number of benzene rings is 1. The zero-order valence-electron chi connectivity index (χ0n) is 12.3. The summed E-state index contributed by atoms with van der Waals surface area (Å²) in [6.07, 6.45) is 0.201. The maximum absolute atomic E-state index is 11.8. The molecule has 6 heteroatoms. The number of carbonyl (C=O) groups is 2. The zero-order valence-corrected chi connectivity index (χ0v) is 12.3. The summed E-state index contributed by atoms with van der Waals surface area (Å²) >= 11 is 0. The predicted octanol–water partition coefficient (Wildman–Crippen LogP) is 2.12. The summed E-state index contributed by atoms with van der Waals surface area (Å²) in [5.41, 5.74) is 1.79. The van der Waals surface area contributed by atoms with Crippen LogP contribution < -0.4 is 0 Å². The van der Waals surface area contributed by atoms with Gasteiger partial charge in [-0.1, -0.05) is 12.1 Å². The summed E-state index contributed by atoms with van der Waals surface area (Å²) in [4.78, 5) is 22.0. The summed E-state index contributed by atoms with van der Waals surface area (Å²) in [6.45, 7) is 6.01. The molecule has 0 atom stereocenters. The third-order valence-electron chi connectivity index (χ3n) is 2.76. The standard InChI is InChI=1S/C15H18N2O4/c1-15(2,3)21-14(19)7-10-4-5-11-12(6-10)16-17-13(11)8-20-9-18/h4-6,9H,7-8H2,1-3H3,(H,16,17). The lowest BCUT2D eigenvalue weighted by molar-refractivity contribution is -0.153. The molecular formula is C15H18N2O4. The Hall–Kier alpha value is -2.37. The van der Waals surface area contributed by atoms with Crippen molar-refractivity contribution in [2.75, 3.05) is 0 Å². The molecule has 0 aliphatic carbocycles. The van der Waals surface area contributed by atoms with Crippen LogP contribution in [0.1, 0.15) is 32.0 Å². The first kappa shape index (κ1) is 15.0. The molecule has 1 heterocycles. The fourth-order valence-electron chi connectivity index (χ4n) is 2.00. The van der Waals surface area contributed by atoms with E-state index >= 15 is 0 Å². The fourth-order valence-corrected chi connectivity index (χ4v) is 2.00. The van der Waals surface area contributed by atoms with Crippen LogP contribution in [-0.4, -0.2) is 28.2 Å². The zero-order chi connectivity index (χ0) is 15.5. The lowest BCUT2D eigenvalue weighted by atomic mass is 10.1. The van der Waals surface area contributed by atoms with Gasteiger partial charge < -0.3 is 9.47 Å². The number of aromatic amines is 1. The van der Waals surface area contributed by atoms with E-state index in [-0.39, 0.29) is 19.0 Å². The second kappa shape index (κ2) is 5.95. The van der Waals surface area contributed by atoms with E-state index in [1.807, 2.05) is 39.0 Å². The molecule has 1 aromatic carbocycles. The molecule has 0 saturated carbocycles. The van der Waals surface area contributed by atoms with Gasteiger partial charge in [0.2, 0.25) is 0 Å². The molecule has 0 bridgehead atoms. The molecule has 6 nitrogen and oxygen atoms in total. The minimum Gasteiger partial charge on any atom is -0.461 e. The molecule has 0 aliphatic heterocycles. The molecule has 0 fully saturated rings. The van der Waals surface area contributed by atoms with E-state index in [0.717, 1.165) is 16.5 Å². The largest absolute Gasteiger partial charge is 0.461 e. The Balaban J connectivity index is 2.13. The Morgan fingerprint density at radius 1 is 1.38 bits per heavy atom. The summed E-state index contributed by atoms with van der Waals surface area (Å²) < 4.78 is 9.99. The van der Waals surface area contributed by atoms with Gasteiger partial charge in [0.1, 0.15) is 17.9 Å². The number of carbonyl (C=O) groups excluding carboxylic acids is 2. The number of esters is 1. The molecule has 0 saturated heterocycles. The van der Waals surface area contributed by atoms with Crippen LogP contribution in [0, 0.1) is 0 Å². The van der Waals surface area contributed by atoms with Gasteiger partial charge in [0.25, 0.3) is 6.47 Å². The molecule has 0 amide bonds. The van der Waals surface area contributed by atoms with Gasteiger partial charge in [-0.15, -0.1) is 0 Å². The Morgan fingerprint density at radius 2 is 2.14 bits per heavy atom. The minimum atomic E-state index is -0.492. The second-order valence-electron chi connectivity index (χ2n) is 5.72. The van der Waals surface area contributed by atoms with E-state index in [1.165, 1.54) is 0 Å². The summed E-state index contributed by atoms with van der Waals surface area (Å²) in [6, 6.07) is 5.53. The molecule has 1 N–H and O–H groups in total. The Kier molecular flexibility index (Phi) is 4.26. The van der Waals surface area contributed by atoms with Crippen LogP contribution in [0.25, 0.3) is 10.9 Å².